The molecule has 0 radical (unpaired) electrons. The van der Waals surface area contributed by atoms with E-state index in [2.05, 4.69) is 0 Å². The van der Waals surface area contributed by atoms with E-state index in [-0.39, 0.29) is 6.04 Å². The lowest BCUT2D eigenvalue weighted by Gasteiger charge is -2.08. The molecule has 0 amide bonds. The molecule has 1 aromatic rings. The van der Waals surface area contributed by atoms with Crippen LogP contribution >= 0.6 is 0 Å². The lowest BCUT2D eigenvalue weighted by Crippen LogP contribution is -2.23. The standard InChI is InChI=1S/C11H15NO2S/c1-6-4-9-10(5-7(6)2)15(13,14)8(3)11(9)12/h4-5,8,11H,12H2,1-3H3. The Bertz CT molecular complexity index is 520. The van der Waals surface area contributed by atoms with Crippen LogP contribution < -0.4 is 5.73 Å². The zero-order valence-corrected chi connectivity index (χ0v) is 9.93. The number of aryl methyl sites for hydroxylation is 2. The number of benzene rings is 1. The molecule has 2 rings (SSSR count). The minimum Gasteiger partial charge on any atom is -0.323 e. The first-order valence-corrected chi connectivity index (χ1v) is 6.51. The highest BCUT2D eigenvalue weighted by Crippen LogP contribution is 2.38. The van der Waals surface area contributed by atoms with E-state index in [9.17, 15) is 8.42 Å². The molecule has 0 aliphatic carbocycles. The summed E-state index contributed by atoms with van der Waals surface area (Å²) in [7, 11) is -3.20. The highest BCUT2D eigenvalue weighted by atomic mass is 32.2. The zero-order valence-electron chi connectivity index (χ0n) is 9.11. The molecule has 1 aromatic carbocycles. The smallest absolute Gasteiger partial charge is 0.183 e. The summed E-state index contributed by atoms with van der Waals surface area (Å²) >= 11 is 0. The van der Waals surface area contributed by atoms with Crippen LogP contribution in [0.5, 0.6) is 0 Å². The highest BCUT2D eigenvalue weighted by Gasteiger charge is 2.40. The molecule has 0 saturated heterocycles. The number of hydrogen-bond acceptors (Lipinski definition) is 3. The van der Waals surface area contributed by atoms with Gasteiger partial charge in [0, 0.05) is 6.04 Å². The Morgan fingerprint density at radius 2 is 1.73 bits per heavy atom. The van der Waals surface area contributed by atoms with Crippen molar-refractivity contribution in [1.82, 2.24) is 0 Å². The van der Waals surface area contributed by atoms with Gasteiger partial charge in [-0.15, -0.1) is 0 Å². The normalized spacial score (nSPS) is 27.7. The average molecular weight is 225 g/mol. The van der Waals surface area contributed by atoms with Gasteiger partial charge in [0.1, 0.15) is 0 Å². The maximum Gasteiger partial charge on any atom is 0.183 e. The van der Waals surface area contributed by atoms with E-state index >= 15 is 0 Å². The summed E-state index contributed by atoms with van der Waals surface area (Å²) in [5.74, 6) is 0. The third-order valence-corrected chi connectivity index (χ3v) is 5.53. The minimum atomic E-state index is -3.20. The van der Waals surface area contributed by atoms with Gasteiger partial charge in [-0.2, -0.15) is 0 Å². The molecule has 3 nitrogen and oxygen atoms in total. The van der Waals surface area contributed by atoms with Gasteiger partial charge >= 0.3 is 0 Å². The van der Waals surface area contributed by atoms with E-state index < -0.39 is 15.1 Å². The van der Waals surface area contributed by atoms with Crippen molar-refractivity contribution in [3.05, 3.63) is 28.8 Å². The fourth-order valence-corrected chi connectivity index (χ4v) is 3.76. The largest absolute Gasteiger partial charge is 0.323 e. The second-order valence-corrected chi connectivity index (χ2v) is 6.52. The first kappa shape index (κ1) is 10.6. The van der Waals surface area contributed by atoms with E-state index in [0.29, 0.717) is 4.90 Å². The number of sulfone groups is 1. The number of hydrogen-bond donors (Lipinski definition) is 1. The molecule has 1 aliphatic heterocycles. The second kappa shape index (κ2) is 3.06. The monoisotopic (exact) mass is 225 g/mol. The Hall–Kier alpha value is -0.870. The van der Waals surface area contributed by atoms with Gasteiger partial charge < -0.3 is 5.73 Å². The molecule has 0 fully saturated rings. The van der Waals surface area contributed by atoms with E-state index in [4.69, 9.17) is 5.73 Å². The molecule has 2 N–H and O–H groups in total. The molecule has 1 heterocycles. The fourth-order valence-electron chi connectivity index (χ4n) is 1.97. The lowest BCUT2D eigenvalue weighted by atomic mass is 10.0. The van der Waals surface area contributed by atoms with E-state index in [1.165, 1.54) is 0 Å². The predicted octanol–water partition coefficient (Wildman–Crippen LogP) is 1.48. The molecule has 0 aromatic heterocycles. The van der Waals surface area contributed by atoms with Crippen LogP contribution in [0.1, 0.15) is 29.7 Å². The predicted molar refractivity (Wildman–Crippen MR) is 59.5 cm³/mol. The number of nitrogens with two attached hydrogens (primary N) is 1. The fraction of sp³-hybridized carbons (Fsp3) is 0.455. The Balaban J connectivity index is 2.79. The molecule has 2 unspecified atom stereocenters. The third kappa shape index (κ3) is 1.32. The third-order valence-electron chi connectivity index (χ3n) is 3.29. The van der Waals surface area contributed by atoms with Gasteiger partial charge in [-0.25, -0.2) is 8.42 Å². The van der Waals surface area contributed by atoms with Crippen LogP contribution in [0.15, 0.2) is 17.0 Å². The second-order valence-electron chi connectivity index (χ2n) is 4.25. The topological polar surface area (TPSA) is 60.2 Å². The van der Waals surface area contributed by atoms with Crippen LogP contribution in [-0.2, 0) is 9.84 Å². The zero-order chi connectivity index (χ0) is 11.4. The van der Waals surface area contributed by atoms with Crippen LogP contribution in [0, 0.1) is 13.8 Å². The van der Waals surface area contributed by atoms with Gasteiger partial charge in [0.15, 0.2) is 9.84 Å². The summed E-state index contributed by atoms with van der Waals surface area (Å²) in [6, 6.07) is 3.25. The molecule has 0 bridgehead atoms. The van der Waals surface area contributed by atoms with Crippen molar-refractivity contribution in [1.29, 1.82) is 0 Å². The average Bonchev–Trinajstić information content (AvgIpc) is 2.32. The molecule has 0 spiro atoms. The van der Waals surface area contributed by atoms with Crippen LogP contribution in [0.3, 0.4) is 0 Å². The van der Waals surface area contributed by atoms with Gasteiger partial charge in [0.2, 0.25) is 0 Å². The molecule has 82 valence electrons. The summed E-state index contributed by atoms with van der Waals surface area (Å²) in [6.45, 7) is 5.56. The van der Waals surface area contributed by atoms with Crippen LogP contribution in [0.4, 0.5) is 0 Å². The van der Waals surface area contributed by atoms with E-state index in [0.717, 1.165) is 16.7 Å². The van der Waals surface area contributed by atoms with Gasteiger partial charge in [-0.05, 0) is 43.5 Å². The van der Waals surface area contributed by atoms with Crippen LogP contribution in [0.25, 0.3) is 0 Å². The maximum atomic E-state index is 12.0. The molecular weight excluding hydrogens is 210 g/mol. The molecule has 1 aliphatic rings. The molecule has 2 atom stereocenters. The summed E-state index contributed by atoms with van der Waals surface area (Å²) in [5, 5.41) is -0.506. The van der Waals surface area contributed by atoms with E-state index in [1.807, 2.05) is 19.9 Å². The summed E-state index contributed by atoms with van der Waals surface area (Å²) in [5.41, 5.74) is 8.76. The molecule has 0 saturated carbocycles. The van der Waals surface area contributed by atoms with Gasteiger partial charge in [0.25, 0.3) is 0 Å². The maximum absolute atomic E-state index is 12.0. The van der Waals surface area contributed by atoms with Crippen molar-refractivity contribution in [2.24, 2.45) is 5.73 Å². The Kier molecular flexibility index (Phi) is 2.17. The van der Waals surface area contributed by atoms with Crippen molar-refractivity contribution in [2.75, 3.05) is 0 Å². The Morgan fingerprint density at radius 1 is 1.20 bits per heavy atom. The van der Waals surface area contributed by atoms with Crippen molar-refractivity contribution >= 4 is 9.84 Å². The highest BCUT2D eigenvalue weighted by molar-refractivity contribution is 7.92. The van der Waals surface area contributed by atoms with Crippen LogP contribution in [-0.4, -0.2) is 13.7 Å². The molecule has 15 heavy (non-hydrogen) atoms. The minimum absolute atomic E-state index is 0.385. The van der Waals surface area contributed by atoms with Crippen molar-refractivity contribution in [2.45, 2.75) is 37.0 Å². The molecular formula is C11H15NO2S. The first-order chi connectivity index (χ1) is 6.85. The number of fused-ring (bicyclic) bond motifs is 1. The van der Waals surface area contributed by atoms with Crippen molar-refractivity contribution in [3.63, 3.8) is 0 Å². The van der Waals surface area contributed by atoms with E-state index in [1.54, 1.807) is 13.0 Å². The summed E-state index contributed by atoms with van der Waals surface area (Å²) in [4.78, 5) is 0.422. The lowest BCUT2D eigenvalue weighted by molar-refractivity contribution is 0.581. The van der Waals surface area contributed by atoms with Crippen LogP contribution in [0.2, 0.25) is 0 Å². The summed E-state index contributed by atoms with van der Waals surface area (Å²) in [6.07, 6.45) is 0. The van der Waals surface area contributed by atoms with Gasteiger partial charge in [-0.1, -0.05) is 6.07 Å². The SMILES string of the molecule is Cc1cc2c(cc1C)S(=O)(=O)C(C)C2N. The summed E-state index contributed by atoms with van der Waals surface area (Å²) < 4.78 is 24.0. The Morgan fingerprint density at radius 3 is 2.33 bits per heavy atom. The van der Waals surface area contributed by atoms with Gasteiger partial charge in [0.05, 0.1) is 10.1 Å². The van der Waals surface area contributed by atoms with Crippen molar-refractivity contribution < 1.29 is 8.42 Å². The molecule has 4 heteroatoms. The van der Waals surface area contributed by atoms with Gasteiger partial charge in [-0.3, -0.25) is 0 Å². The van der Waals surface area contributed by atoms with Crippen molar-refractivity contribution in [3.8, 4) is 0 Å². The quantitative estimate of drug-likeness (QED) is 0.727. The Labute approximate surface area is 90.2 Å². The first-order valence-electron chi connectivity index (χ1n) is 4.96. The number of rotatable bonds is 0.